The van der Waals surface area contributed by atoms with Crippen LogP contribution < -0.4 is 15.5 Å². The zero-order valence-corrected chi connectivity index (χ0v) is 13.1. The molecule has 0 atom stereocenters. The van der Waals surface area contributed by atoms with E-state index in [9.17, 15) is 9.59 Å². The van der Waals surface area contributed by atoms with Crippen LogP contribution in [0.2, 0.25) is 0 Å². The molecule has 0 aliphatic rings. The zero-order chi connectivity index (χ0) is 16.7. The molecule has 2 rings (SSSR count). The topological polar surface area (TPSA) is 87.2 Å². The largest absolute Gasteiger partial charge is 0.362 e. The minimum atomic E-state index is -0.254. The highest BCUT2D eigenvalue weighted by Gasteiger charge is 2.13. The fourth-order valence-corrected chi connectivity index (χ4v) is 1.98. The van der Waals surface area contributed by atoms with E-state index in [0.717, 1.165) is 0 Å². The quantitative estimate of drug-likeness (QED) is 0.839. The highest BCUT2D eigenvalue weighted by atomic mass is 16.2. The van der Waals surface area contributed by atoms with Gasteiger partial charge in [-0.05, 0) is 24.3 Å². The van der Waals surface area contributed by atoms with Gasteiger partial charge in [-0.15, -0.1) is 0 Å². The molecule has 0 saturated heterocycles. The van der Waals surface area contributed by atoms with Crippen molar-refractivity contribution < 1.29 is 9.59 Å². The third kappa shape index (κ3) is 4.77. The van der Waals surface area contributed by atoms with Crippen LogP contribution in [0.4, 0.5) is 11.5 Å². The van der Waals surface area contributed by atoms with Gasteiger partial charge in [0.15, 0.2) is 0 Å². The minimum Gasteiger partial charge on any atom is -0.362 e. The predicted molar refractivity (Wildman–Crippen MR) is 88.4 cm³/mol. The van der Waals surface area contributed by atoms with Crippen LogP contribution in [-0.4, -0.2) is 42.4 Å². The lowest BCUT2D eigenvalue weighted by atomic mass is 10.2. The van der Waals surface area contributed by atoms with Crippen molar-refractivity contribution in [1.29, 1.82) is 0 Å². The monoisotopic (exact) mass is 313 g/mol. The first kappa shape index (κ1) is 16.4. The van der Waals surface area contributed by atoms with E-state index in [0.29, 0.717) is 17.1 Å². The van der Waals surface area contributed by atoms with E-state index in [1.807, 2.05) is 14.1 Å². The van der Waals surface area contributed by atoms with Crippen molar-refractivity contribution in [3.05, 3.63) is 48.4 Å². The van der Waals surface area contributed by atoms with Crippen molar-refractivity contribution in [2.75, 3.05) is 30.9 Å². The number of aromatic nitrogens is 2. The van der Waals surface area contributed by atoms with Crippen LogP contribution in [0.5, 0.6) is 0 Å². The first-order valence-electron chi connectivity index (χ1n) is 7.18. The second-order valence-electron chi connectivity index (χ2n) is 5.06. The van der Waals surface area contributed by atoms with Crippen molar-refractivity contribution in [2.45, 2.75) is 6.42 Å². The highest BCUT2D eigenvalue weighted by molar-refractivity contribution is 5.99. The Kier molecular flexibility index (Phi) is 5.62. The molecule has 0 bridgehead atoms. The van der Waals surface area contributed by atoms with Crippen LogP contribution in [0, 0.1) is 0 Å². The molecular formula is C16H19N5O2. The van der Waals surface area contributed by atoms with E-state index in [1.165, 1.54) is 0 Å². The van der Waals surface area contributed by atoms with Crippen LogP contribution in [0.15, 0.2) is 42.9 Å². The zero-order valence-electron chi connectivity index (χ0n) is 13.1. The van der Waals surface area contributed by atoms with Gasteiger partial charge in [-0.1, -0.05) is 0 Å². The summed E-state index contributed by atoms with van der Waals surface area (Å²) in [6, 6.07) is 6.90. The molecule has 7 nitrogen and oxygen atoms in total. The Morgan fingerprint density at radius 2 is 1.96 bits per heavy atom. The van der Waals surface area contributed by atoms with E-state index in [2.05, 4.69) is 20.6 Å². The first-order valence-corrected chi connectivity index (χ1v) is 7.18. The molecule has 0 aliphatic carbocycles. The first-order chi connectivity index (χ1) is 11.1. The van der Waals surface area contributed by atoms with Gasteiger partial charge in [-0.2, -0.15) is 0 Å². The minimum absolute atomic E-state index is 0.179. The molecule has 2 N–H and O–H groups in total. The number of amides is 2. The van der Waals surface area contributed by atoms with Gasteiger partial charge in [0.2, 0.25) is 5.91 Å². The molecule has 0 aromatic carbocycles. The van der Waals surface area contributed by atoms with Gasteiger partial charge >= 0.3 is 0 Å². The molecule has 2 aromatic heterocycles. The molecule has 0 fully saturated rings. The Morgan fingerprint density at radius 3 is 2.65 bits per heavy atom. The number of hydrogen-bond acceptors (Lipinski definition) is 5. The second-order valence-corrected chi connectivity index (χ2v) is 5.06. The van der Waals surface area contributed by atoms with Crippen LogP contribution in [0.3, 0.4) is 0 Å². The van der Waals surface area contributed by atoms with Crippen molar-refractivity contribution >= 4 is 23.3 Å². The molecule has 23 heavy (non-hydrogen) atoms. The summed E-state index contributed by atoms with van der Waals surface area (Å²) in [5.41, 5.74) is 1.11. The Labute approximate surface area is 134 Å². The van der Waals surface area contributed by atoms with Gasteiger partial charge in [0.1, 0.15) is 5.82 Å². The maximum atomic E-state index is 12.2. The SMILES string of the molecule is CN(C)c1ncccc1C(=O)NCCC(=O)Nc1cccnc1. The van der Waals surface area contributed by atoms with Gasteiger partial charge in [0.25, 0.3) is 5.91 Å². The molecule has 0 aliphatic heterocycles. The van der Waals surface area contributed by atoms with E-state index in [4.69, 9.17) is 0 Å². The van der Waals surface area contributed by atoms with Crippen molar-refractivity contribution in [3.63, 3.8) is 0 Å². The third-order valence-corrected chi connectivity index (χ3v) is 3.04. The Bertz CT molecular complexity index is 673. The molecule has 2 aromatic rings. The van der Waals surface area contributed by atoms with Crippen LogP contribution in [-0.2, 0) is 4.79 Å². The fraction of sp³-hybridized carbons (Fsp3) is 0.250. The highest BCUT2D eigenvalue weighted by Crippen LogP contribution is 2.13. The summed E-state index contributed by atoms with van der Waals surface area (Å²) >= 11 is 0. The third-order valence-electron chi connectivity index (χ3n) is 3.04. The number of rotatable bonds is 6. The van der Waals surface area contributed by atoms with Gasteiger partial charge in [-0.25, -0.2) is 4.98 Å². The van der Waals surface area contributed by atoms with Crippen LogP contribution in [0.1, 0.15) is 16.8 Å². The summed E-state index contributed by atoms with van der Waals surface area (Å²) in [6.45, 7) is 0.243. The molecule has 0 saturated carbocycles. The number of hydrogen-bond donors (Lipinski definition) is 2. The summed E-state index contributed by atoms with van der Waals surface area (Å²) in [4.78, 5) is 33.8. The Morgan fingerprint density at radius 1 is 1.17 bits per heavy atom. The normalized spacial score (nSPS) is 10.0. The molecule has 0 radical (unpaired) electrons. The summed E-state index contributed by atoms with van der Waals surface area (Å²) < 4.78 is 0. The summed E-state index contributed by atoms with van der Waals surface area (Å²) in [5, 5.41) is 5.44. The van der Waals surface area contributed by atoms with Crippen LogP contribution >= 0.6 is 0 Å². The van der Waals surface area contributed by atoms with Gasteiger partial charge < -0.3 is 15.5 Å². The molecule has 2 amide bonds. The number of anilines is 2. The number of carbonyl (C=O) groups excluding carboxylic acids is 2. The molecular weight excluding hydrogens is 294 g/mol. The van der Waals surface area contributed by atoms with E-state index in [1.54, 1.807) is 47.8 Å². The predicted octanol–water partition coefficient (Wildman–Crippen LogP) is 1.30. The lowest BCUT2D eigenvalue weighted by Crippen LogP contribution is -2.29. The number of carbonyl (C=O) groups is 2. The summed E-state index contributed by atoms with van der Waals surface area (Å²) in [7, 11) is 3.64. The fourth-order valence-electron chi connectivity index (χ4n) is 1.98. The van der Waals surface area contributed by atoms with Gasteiger partial charge in [-0.3, -0.25) is 14.6 Å². The average Bonchev–Trinajstić information content (AvgIpc) is 2.55. The number of nitrogens with one attached hydrogen (secondary N) is 2. The summed E-state index contributed by atoms with van der Waals surface area (Å²) in [5.74, 6) is 0.151. The number of nitrogens with zero attached hydrogens (tertiary/aromatic N) is 3. The van der Waals surface area contributed by atoms with Crippen molar-refractivity contribution in [2.24, 2.45) is 0 Å². The maximum Gasteiger partial charge on any atom is 0.255 e. The van der Waals surface area contributed by atoms with E-state index in [-0.39, 0.29) is 24.8 Å². The number of pyridine rings is 2. The average molecular weight is 313 g/mol. The van der Waals surface area contributed by atoms with E-state index < -0.39 is 0 Å². The molecule has 7 heteroatoms. The second kappa shape index (κ2) is 7.88. The maximum absolute atomic E-state index is 12.2. The Balaban J connectivity index is 1.84. The van der Waals surface area contributed by atoms with Gasteiger partial charge in [0, 0.05) is 39.5 Å². The lowest BCUT2D eigenvalue weighted by Gasteiger charge is -2.15. The Hall–Kier alpha value is -2.96. The van der Waals surface area contributed by atoms with Gasteiger partial charge in [0.05, 0.1) is 17.4 Å². The molecule has 0 unspecified atom stereocenters. The molecule has 0 spiro atoms. The van der Waals surface area contributed by atoms with E-state index >= 15 is 0 Å². The lowest BCUT2D eigenvalue weighted by molar-refractivity contribution is -0.116. The van der Waals surface area contributed by atoms with Crippen molar-refractivity contribution in [3.8, 4) is 0 Å². The molecule has 120 valence electrons. The van der Waals surface area contributed by atoms with Crippen molar-refractivity contribution in [1.82, 2.24) is 15.3 Å². The molecule has 2 heterocycles. The standard InChI is InChI=1S/C16H19N5O2/c1-21(2)15-13(6-4-9-18-15)16(23)19-10-7-14(22)20-12-5-3-8-17-11-12/h3-6,8-9,11H,7,10H2,1-2H3,(H,19,23)(H,20,22). The smallest absolute Gasteiger partial charge is 0.255 e. The summed E-state index contributed by atoms with van der Waals surface area (Å²) in [6.07, 6.45) is 5.01. The van der Waals surface area contributed by atoms with Crippen LogP contribution in [0.25, 0.3) is 0 Å².